The van der Waals surface area contributed by atoms with Crippen molar-refractivity contribution in [3.63, 3.8) is 0 Å². The Balaban J connectivity index is 1.81. The van der Waals surface area contributed by atoms with E-state index in [0.717, 1.165) is 24.2 Å². The summed E-state index contributed by atoms with van der Waals surface area (Å²) in [7, 11) is -1.73. The number of carbonyl (C=O) groups excluding carboxylic acids is 1. The van der Waals surface area contributed by atoms with Crippen molar-refractivity contribution in [3.05, 3.63) is 11.4 Å². The first kappa shape index (κ1) is 16.4. The van der Waals surface area contributed by atoms with E-state index in [1.165, 1.54) is 12.8 Å². The van der Waals surface area contributed by atoms with Gasteiger partial charge in [-0.1, -0.05) is 5.21 Å². The zero-order valence-electron chi connectivity index (χ0n) is 13.4. The van der Waals surface area contributed by atoms with E-state index in [0.29, 0.717) is 25.6 Å². The van der Waals surface area contributed by atoms with Gasteiger partial charge in [-0.2, -0.15) is 0 Å². The molecule has 1 aliphatic carbocycles. The minimum Gasteiger partial charge on any atom is -0.384 e. The van der Waals surface area contributed by atoms with E-state index < -0.39 is 21.5 Å². The van der Waals surface area contributed by atoms with Gasteiger partial charge >= 0.3 is 0 Å². The summed E-state index contributed by atoms with van der Waals surface area (Å²) >= 11 is 0. The van der Waals surface area contributed by atoms with Crippen molar-refractivity contribution in [1.29, 1.82) is 0 Å². The standard InChI is InChI=1S/C14H22N4O4S/c1-22-8-11-6-17(13(19)9-23(2,20)21)7-12-14(11)18(16-15-12)5-10-3-4-10/h10-11H,3-9H2,1-2H3/t11-/m1/s1. The van der Waals surface area contributed by atoms with Crippen molar-refractivity contribution in [2.75, 3.05) is 32.3 Å². The van der Waals surface area contributed by atoms with Crippen LogP contribution in [0.5, 0.6) is 0 Å². The van der Waals surface area contributed by atoms with Crippen molar-refractivity contribution in [2.24, 2.45) is 5.92 Å². The summed E-state index contributed by atoms with van der Waals surface area (Å²) in [4.78, 5) is 13.8. The van der Waals surface area contributed by atoms with Gasteiger partial charge in [-0.05, 0) is 18.8 Å². The summed E-state index contributed by atoms with van der Waals surface area (Å²) in [6, 6.07) is 0. The number of carbonyl (C=O) groups is 1. The van der Waals surface area contributed by atoms with Gasteiger partial charge in [-0.3, -0.25) is 4.79 Å². The molecule has 0 saturated heterocycles. The molecule has 2 heterocycles. The van der Waals surface area contributed by atoms with E-state index in [2.05, 4.69) is 10.3 Å². The summed E-state index contributed by atoms with van der Waals surface area (Å²) in [5, 5.41) is 8.45. The highest BCUT2D eigenvalue weighted by Gasteiger charge is 2.35. The van der Waals surface area contributed by atoms with E-state index in [9.17, 15) is 13.2 Å². The third kappa shape index (κ3) is 3.89. The van der Waals surface area contributed by atoms with Crippen LogP contribution in [0, 0.1) is 5.92 Å². The van der Waals surface area contributed by atoms with Gasteiger partial charge in [-0.25, -0.2) is 13.1 Å². The molecule has 23 heavy (non-hydrogen) atoms. The van der Waals surface area contributed by atoms with Crippen LogP contribution >= 0.6 is 0 Å². The number of ether oxygens (including phenoxy) is 1. The van der Waals surface area contributed by atoms with Crippen LogP contribution < -0.4 is 0 Å². The fourth-order valence-electron chi connectivity index (χ4n) is 3.03. The smallest absolute Gasteiger partial charge is 0.238 e. The molecule has 1 atom stereocenters. The van der Waals surface area contributed by atoms with Crippen LogP contribution in [0.15, 0.2) is 0 Å². The topological polar surface area (TPSA) is 94.4 Å². The minimum atomic E-state index is -3.35. The number of methoxy groups -OCH3 is 1. The number of nitrogens with zero attached hydrogens (tertiary/aromatic N) is 4. The summed E-state index contributed by atoms with van der Waals surface area (Å²) in [5.41, 5.74) is 1.78. The molecular formula is C14H22N4O4S. The molecule has 2 aliphatic rings. The molecule has 0 N–H and O–H groups in total. The second-order valence-corrected chi connectivity index (χ2v) is 8.68. The van der Waals surface area contributed by atoms with E-state index in [-0.39, 0.29) is 5.92 Å². The number of rotatable bonds is 6. The Bertz CT molecular complexity index is 696. The van der Waals surface area contributed by atoms with Crippen LogP contribution in [0.3, 0.4) is 0 Å². The summed E-state index contributed by atoms with van der Waals surface area (Å²) in [6.45, 7) is 2.06. The third-order valence-electron chi connectivity index (χ3n) is 4.25. The Morgan fingerprint density at radius 2 is 2.13 bits per heavy atom. The monoisotopic (exact) mass is 342 g/mol. The lowest BCUT2D eigenvalue weighted by Crippen LogP contribution is -2.42. The van der Waals surface area contributed by atoms with Gasteiger partial charge in [0, 0.05) is 32.4 Å². The number of sulfone groups is 1. The van der Waals surface area contributed by atoms with Gasteiger partial charge < -0.3 is 9.64 Å². The SMILES string of the molecule is COC[C@H]1CN(C(=O)CS(C)(=O)=O)Cc2nnn(CC3CC3)c21. The molecular weight excluding hydrogens is 320 g/mol. The first-order chi connectivity index (χ1) is 10.9. The van der Waals surface area contributed by atoms with E-state index in [4.69, 9.17) is 4.74 Å². The lowest BCUT2D eigenvalue weighted by molar-refractivity contribution is -0.130. The number of amides is 1. The average molecular weight is 342 g/mol. The van der Waals surface area contributed by atoms with Gasteiger partial charge in [-0.15, -0.1) is 5.10 Å². The lowest BCUT2D eigenvalue weighted by Gasteiger charge is -2.32. The fourth-order valence-corrected chi connectivity index (χ4v) is 3.66. The average Bonchev–Trinajstić information content (AvgIpc) is 3.17. The van der Waals surface area contributed by atoms with Gasteiger partial charge in [0.15, 0.2) is 9.84 Å². The van der Waals surface area contributed by atoms with Crippen LogP contribution in [-0.2, 0) is 32.5 Å². The van der Waals surface area contributed by atoms with Crippen molar-refractivity contribution in [3.8, 4) is 0 Å². The summed E-state index contributed by atoms with van der Waals surface area (Å²) in [6.07, 6.45) is 3.52. The Hall–Kier alpha value is -1.48. The van der Waals surface area contributed by atoms with Crippen molar-refractivity contribution in [1.82, 2.24) is 19.9 Å². The maximum Gasteiger partial charge on any atom is 0.238 e. The van der Waals surface area contributed by atoms with E-state index in [1.807, 2.05) is 4.68 Å². The lowest BCUT2D eigenvalue weighted by atomic mass is 9.98. The first-order valence-electron chi connectivity index (χ1n) is 7.74. The Morgan fingerprint density at radius 3 is 2.74 bits per heavy atom. The van der Waals surface area contributed by atoms with E-state index in [1.54, 1.807) is 12.0 Å². The van der Waals surface area contributed by atoms with Crippen LogP contribution in [0.4, 0.5) is 0 Å². The summed E-state index contributed by atoms with van der Waals surface area (Å²) < 4.78 is 30.0. The molecule has 0 aromatic carbocycles. The predicted octanol–water partition coefficient (Wildman–Crippen LogP) is -0.195. The predicted molar refractivity (Wildman–Crippen MR) is 82.5 cm³/mol. The molecule has 3 rings (SSSR count). The molecule has 1 aromatic rings. The molecule has 1 aliphatic heterocycles. The summed E-state index contributed by atoms with van der Waals surface area (Å²) in [5.74, 6) is -0.219. The molecule has 1 saturated carbocycles. The Labute approximate surface area is 135 Å². The molecule has 1 aromatic heterocycles. The molecule has 0 unspecified atom stereocenters. The highest BCUT2D eigenvalue weighted by atomic mass is 32.2. The molecule has 0 spiro atoms. The van der Waals surface area contributed by atoms with Gasteiger partial charge in [0.2, 0.25) is 5.91 Å². The van der Waals surface area contributed by atoms with Gasteiger partial charge in [0.1, 0.15) is 11.4 Å². The zero-order chi connectivity index (χ0) is 16.6. The number of hydrogen-bond acceptors (Lipinski definition) is 6. The van der Waals surface area contributed by atoms with Crippen LogP contribution in [0.25, 0.3) is 0 Å². The molecule has 1 amide bonds. The van der Waals surface area contributed by atoms with Crippen LogP contribution in [0.2, 0.25) is 0 Å². The fraction of sp³-hybridized carbons (Fsp3) is 0.786. The van der Waals surface area contributed by atoms with Crippen molar-refractivity contribution in [2.45, 2.75) is 31.8 Å². The Kier molecular flexibility index (Phi) is 4.41. The highest BCUT2D eigenvalue weighted by molar-refractivity contribution is 7.91. The highest BCUT2D eigenvalue weighted by Crippen LogP contribution is 2.33. The van der Waals surface area contributed by atoms with Crippen molar-refractivity contribution < 1.29 is 17.9 Å². The third-order valence-corrected chi connectivity index (χ3v) is 5.02. The number of hydrogen-bond donors (Lipinski definition) is 0. The van der Waals surface area contributed by atoms with E-state index >= 15 is 0 Å². The minimum absolute atomic E-state index is 0.0268. The number of fused-ring (bicyclic) bond motifs is 1. The molecule has 0 radical (unpaired) electrons. The maximum absolute atomic E-state index is 12.2. The Morgan fingerprint density at radius 1 is 1.39 bits per heavy atom. The largest absolute Gasteiger partial charge is 0.384 e. The quantitative estimate of drug-likeness (QED) is 0.711. The van der Waals surface area contributed by atoms with Crippen molar-refractivity contribution >= 4 is 15.7 Å². The second-order valence-electron chi connectivity index (χ2n) is 6.54. The van der Waals surface area contributed by atoms with Crippen LogP contribution in [0.1, 0.15) is 30.1 Å². The van der Waals surface area contributed by atoms with Gasteiger partial charge in [0.05, 0.1) is 18.8 Å². The zero-order valence-corrected chi connectivity index (χ0v) is 14.3. The molecule has 128 valence electrons. The molecule has 8 nitrogen and oxygen atoms in total. The molecule has 9 heteroatoms. The van der Waals surface area contributed by atoms with Gasteiger partial charge in [0.25, 0.3) is 0 Å². The normalized spacial score (nSPS) is 21.3. The first-order valence-corrected chi connectivity index (χ1v) is 9.80. The molecule has 0 bridgehead atoms. The maximum atomic E-state index is 12.2. The number of aromatic nitrogens is 3. The van der Waals surface area contributed by atoms with Crippen LogP contribution in [-0.4, -0.2) is 66.5 Å². The second kappa shape index (κ2) is 6.20. The molecule has 1 fully saturated rings.